The molecule has 4 rings (SSSR count). The zero-order valence-corrected chi connectivity index (χ0v) is 16.3. The van der Waals surface area contributed by atoms with Gasteiger partial charge in [-0.3, -0.25) is 9.59 Å². The fraction of sp³-hybridized carbons (Fsp3) is 0.316. The summed E-state index contributed by atoms with van der Waals surface area (Å²) in [6.45, 7) is 2.02. The van der Waals surface area contributed by atoms with Gasteiger partial charge < -0.3 is 10.3 Å². The van der Waals surface area contributed by atoms with Crippen molar-refractivity contribution in [2.24, 2.45) is 5.92 Å². The number of hydrogen-bond donors (Lipinski definition) is 2. The molecule has 1 aromatic carbocycles. The fourth-order valence-electron chi connectivity index (χ4n) is 2.98. The minimum Gasteiger partial charge on any atom is -0.353 e. The lowest BCUT2D eigenvalue weighted by Gasteiger charge is -2.12. The van der Waals surface area contributed by atoms with Crippen LogP contribution in [0, 0.1) is 11.7 Å². The highest BCUT2D eigenvalue weighted by Gasteiger charge is 2.28. The number of hydrogen-bond acceptors (Lipinski definition) is 5. The average Bonchev–Trinajstić information content (AvgIpc) is 3.41. The molecule has 1 aliphatic rings. The third-order valence-corrected chi connectivity index (χ3v) is 6.38. The summed E-state index contributed by atoms with van der Waals surface area (Å²) in [7, 11) is 0. The van der Waals surface area contributed by atoms with Gasteiger partial charge in [-0.25, -0.2) is 9.37 Å². The third-order valence-electron chi connectivity index (χ3n) is 4.64. The van der Waals surface area contributed by atoms with Crippen molar-refractivity contribution < 1.29 is 9.18 Å². The number of thioether (sulfide) groups is 1. The Morgan fingerprint density at radius 3 is 2.85 bits per heavy atom. The number of H-pyrrole nitrogens is 1. The van der Waals surface area contributed by atoms with E-state index in [1.54, 1.807) is 12.1 Å². The van der Waals surface area contributed by atoms with Crippen LogP contribution in [0.25, 0.3) is 21.3 Å². The summed E-state index contributed by atoms with van der Waals surface area (Å²) in [4.78, 5) is 32.4. The lowest BCUT2D eigenvalue weighted by Crippen LogP contribution is -2.35. The second-order valence-electron chi connectivity index (χ2n) is 6.69. The van der Waals surface area contributed by atoms with Crippen molar-refractivity contribution in [2.45, 2.75) is 31.0 Å². The molecular formula is C19H18FN3O2S2. The number of aromatic amines is 1. The van der Waals surface area contributed by atoms with Gasteiger partial charge in [-0.2, -0.15) is 0 Å². The van der Waals surface area contributed by atoms with Crippen LogP contribution >= 0.6 is 23.1 Å². The number of carbonyl (C=O) groups is 1. The number of fused-ring (bicyclic) bond motifs is 1. The summed E-state index contributed by atoms with van der Waals surface area (Å²) in [6.07, 6.45) is 2.35. The predicted octanol–water partition coefficient (Wildman–Crippen LogP) is 3.80. The summed E-state index contributed by atoms with van der Waals surface area (Å²) < 4.78 is 13.1. The number of halogens is 1. The number of thiophene rings is 1. The molecule has 2 N–H and O–H groups in total. The van der Waals surface area contributed by atoms with Gasteiger partial charge in [0.15, 0.2) is 5.16 Å². The van der Waals surface area contributed by atoms with E-state index >= 15 is 0 Å². The van der Waals surface area contributed by atoms with Gasteiger partial charge >= 0.3 is 0 Å². The van der Waals surface area contributed by atoms with Crippen LogP contribution in [0.5, 0.6) is 0 Å². The zero-order valence-electron chi connectivity index (χ0n) is 14.6. The van der Waals surface area contributed by atoms with Crippen LogP contribution in [0.15, 0.2) is 39.6 Å². The minimum atomic E-state index is -0.321. The van der Waals surface area contributed by atoms with Gasteiger partial charge in [-0.15, -0.1) is 11.3 Å². The summed E-state index contributed by atoms with van der Waals surface area (Å²) in [5, 5.41) is 5.75. The lowest BCUT2D eigenvalue weighted by molar-refractivity contribution is -0.119. The summed E-state index contributed by atoms with van der Waals surface area (Å²) in [5.74, 6) is 0.435. The molecule has 0 aliphatic heterocycles. The average molecular weight is 404 g/mol. The first kappa shape index (κ1) is 18.2. The van der Waals surface area contributed by atoms with E-state index in [9.17, 15) is 14.0 Å². The minimum absolute atomic E-state index is 0.0553. The molecule has 0 saturated heterocycles. The number of rotatable bonds is 6. The molecule has 2 aromatic heterocycles. The Morgan fingerprint density at radius 1 is 1.41 bits per heavy atom. The molecule has 1 aliphatic carbocycles. The monoisotopic (exact) mass is 403 g/mol. The standard InChI is InChI=1S/C19H18FN3O2S2/c1-10(11-2-3-11)21-15(24)9-27-19-22-17(25)16-14(8-26-18(16)23-19)12-4-6-13(20)7-5-12/h4-8,10-11H,2-3,9H2,1H3,(H,21,24)(H,22,23,25)/t10-/m0/s1. The second-order valence-corrected chi connectivity index (χ2v) is 8.51. The highest BCUT2D eigenvalue weighted by Crippen LogP contribution is 2.33. The molecule has 5 nitrogen and oxygen atoms in total. The molecule has 140 valence electrons. The van der Waals surface area contributed by atoms with E-state index in [0.29, 0.717) is 21.3 Å². The first-order valence-corrected chi connectivity index (χ1v) is 10.6. The number of aromatic nitrogens is 2. The van der Waals surface area contributed by atoms with E-state index < -0.39 is 0 Å². The van der Waals surface area contributed by atoms with E-state index in [1.165, 1.54) is 48.1 Å². The molecule has 1 saturated carbocycles. The van der Waals surface area contributed by atoms with Gasteiger partial charge in [0.05, 0.1) is 11.1 Å². The largest absolute Gasteiger partial charge is 0.353 e. The Hall–Kier alpha value is -2.19. The van der Waals surface area contributed by atoms with Gasteiger partial charge in [-0.05, 0) is 43.4 Å². The van der Waals surface area contributed by atoms with Crippen molar-refractivity contribution in [3.63, 3.8) is 0 Å². The maximum absolute atomic E-state index is 13.1. The normalized spacial score (nSPS) is 15.0. The Kier molecular flexibility index (Phi) is 5.01. The van der Waals surface area contributed by atoms with Gasteiger partial charge in [0.1, 0.15) is 10.6 Å². The van der Waals surface area contributed by atoms with Crippen LogP contribution in [0.1, 0.15) is 19.8 Å². The maximum atomic E-state index is 13.1. The highest BCUT2D eigenvalue weighted by molar-refractivity contribution is 7.99. The van der Waals surface area contributed by atoms with Crippen LogP contribution in [-0.4, -0.2) is 27.7 Å². The molecule has 1 amide bonds. The smallest absolute Gasteiger partial charge is 0.260 e. The molecule has 3 aromatic rings. The van der Waals surface area contributed by atoms with E-state index in [1.807, 2.05) is 12.3 Å². The first-order chi connectivity index (χ1) is 13.0. The van der Waals surface area contributed by atoms with Crippen molar-refractivity contribution in [1.29, 1.82) is 0 Å². The zero-order chi connectivity index (χ0) is 19.0. The number of amides is 1. The molecule has 0 radical (unpaired) electrons. The molecule has 0 bridgehead atoms. The SMILES string of the molecule is C[C@H](NC(=O)CSc1nc2scc(-c3ccc(F)cc3)c2c(=O)[nH]1)C1CC1. The second kappa shape index (κ2) is 7.44. The summed E-state index contributed by atoms with van der Waals surface area (Å²) in [5.41, 5.74) is 1.25. The molecule has 2 heterocycles. The van der Waals surface area contributed by atoms with E-state index in [0.717, 1.165) is 11.1 Å². The van der Waals surface area contributed by atoms with Crippen molar-refractivity contribution >= 4 is 39.2 Å². The molecule has 1 fully saturated rings. The van der Waals surface area contributed by atoms with Crippen molar-refractivity contribution in [1.82, 2.24) is 15.3 Å². The van der Waals surface area contributed by atoms with Crippen LogP contribution in [0.3, 0.4) is 0 Å². The topological polar surface area (TPSA) is 74.8 Å². The Morgan fingerprint density at radius 2 is 2.15 bits per heavy atom. The molecule has 8 heteroatoms. The first-order valence-electron chi connectivity index (χ1n) is 8.71. The number of carbonyl (C=O) groups excluding carboxylic acids is 1. The Labute approximate surface area is 163 Å². The van der Waals surface area contributed by atoms with Crippen LogP contribution in [0.4, 0.5) is 4.39 Å². The maximum Gasteiger partial charge on any atom is 0.260 e. The van der Waals surface area contributed by atoms with Gasteiger partial charge in [-0.1, -0.05) is 23.9 Å². The summed E-state index contributed by atoms with van der Waals surface area (Å²) in [6, 6.07) is 6.22. The van der Waals surface area contributed by atoms with E-state index in [-0.39, 0.29) is 29.1 Å². The number of nitrogens with zero attached hydrogens (tertiary/aromatic N) is 1. The Bertz CT molecular complexity index is 1040. The highest BCUT2D eigenvalue weighted by atomic mass is 32.2. The molecule has 0 spiro atoms. The van der Waals surface area contributed by atoms with E-state index in [2.05, 4.69) is 15.3 Å². The fourth-order valence-corrected chi connectivity index (χ4v) is 4.66. The molecular weight excluding hydrogens is 385 g/mol. The predicted molar refractivity (Wildman–Crippen MR) is 107 cm³/mol. The van der Waals surface area contributed by atoms with Crippen molar-refractivity contribution in [3.05, 3.63) is 45.8 Å². The van der Waals surface area contributed by atoms with Crippen LogP contribution in [0.2, 0.25) is 0 Å². The third kappa shape index (κ3) is 4.06. The molecule has 0 unspecified atom stereocenters. The van der Waals surface area contributed by atoms with Crippen LogP contribution in [-0.2, 0) is 4.79 Å². The quantitative estimate of drug-likeness (QED) is 0.485. The molecule has 27 heavy (non-hydrogen) atoms. The van der Waals surface area contributed by atoms with E-state index in [4.69, 9.17) is 0 Å². The van der Waals surface area contributed by atoms with Crippen molar-refractivity contribution in [2.75, 3.05) is 5.75 Å². The van der Waals surface area contributed by atoms with Crippen molar-refractivity contribution in [3.8, 4) is 11.1 Å². The lowest BCUT2D eigenvalue weighted by atomic mass is 10.1. The summed E-state index contributed by atoms with van der Waals surface area (Å²) >= 11 is 2.58. The Balaban J connectivity index is 1.51. The van der Waals surface area contributed by atoms with Gasteiger partial charge in [0.2, 0.25) is 5.91 Å². The molecule has 1 atom stereocenters. The van der Waals surface area contributed by atoms with Crippen LogP contribution < -0.4 is 10.9 Å². The number of nitrogens with one attached hydrogen (secondary N) is 2. The van der Waals surface area contributed by atoms with Gasteiger partial charge in [0, 0.05) is 17.0 Å². The number of benzene rings is 1. The van der Waals surface area contributed by atoms with Gasteiger partial charge in [0.25, 0.3) is 5.56 Å².